The van der Waals surface area contributed by atoms with Crippen LogP contribution in [0.4, 0.5) is 0 Å². The Morgan fingerprint density at radius 2 is 1.81 bits per heavy atom. The lowest BCUT2D eigenvalue weighted by Crippen LogP contribution is -2.59. The normalized spacial score (nSPS) is 25.8. The first kappa shape index (κ1) is 22.3. The summed E-state index contributed by atoms with van der Waals surface area (Å²) < 4.78 is 0. The van der Waals surface area contributed by atoms with Crippen LogP contribution in [0.25, 0.3) is 0 Å². The number of carbonyl (C=O) groups excluding carboxylic acids is 3. The van der Waals surface area contributed by atoms with Crippen molar-refractivity contribution < 1.29 is 19.5 Å². The SMILES string of the molecule is CC(C)CC(O)(C(=O)NCC1CC1)C(=O)N[C@@H]1C(=O)NC2C=CC=CC2c2ccccc21. The zero-order valence-electron chi connectivity index (χ0n) is 18.5. The van der Waals surface area contributed by atoms with Gasteiger partial charge in [-0.1, -0.05) is 62.4 Å². The zero-order valence-corrected chi connectivity index (χ0v) is 18.5. The molecule has 0 radical (unpaired) electrons. The summed E-state index contributed by atoms with van der Waals surface area (Å²) in [6, 6.07) is 6.23. The standard InChI is InChI=1S/C25H31N3O4/c1-15(2)13-25(32,23(30)26-14-16-11-12-16)24(31)28-21-19-9-4-3-7-17(19)18-8-5-6-10-20(18)27-22(21)29/h3-10,15-16,18,20-21,32H,11-14H2,1-2H3,(H,26,30)(H,27,29)(H,28,31)/t18?,20?,21-,25?/m0/s1. The molecule has 0 spiro atoms. The van der Waals surface area contributed by atoms with Crippen molar-refractivity contribution in [2.45, 2.75) is 56.7 Å². The van der Waals surface area contributed by atoms with Crippen molar-refractivity contribution >= 4 is 17.7 Å². The van der Waals surface area contributed by atoms with E-state index >= 15 is 0 Å². The van der Waals surface area contributed by atoms with Crippen molar-refractivity contribution in [3.63, 3.8) is 0 Å². The topological polar surface area (TPSA) is 108 Å². The second-order valence-corrected chi connectivity index (χ2v) is 9.48. The lowest BCUT2D eigenvalue weighted by molar-refractivity contribution is -0.157. The summed E-state index contributed by atoms with van der Waals surface area (Å²) in [7, 11) is 0. The summed E-state index contributed by atoms with van der Waals surface area (Å²) >= 11 is 0. The molecular formula is C25H31N3O4. The molecule has 0 bridgehead atoms. The monoisotopic (exact) mass is 437 g/mol. The first-order chi connectivity index (χ1) is 15.3. The van der Waals surface area contributed by atoms with Crippen LogP contribution in [-0.2, 0) is 14.4 Å². The van der Waals surface area contributed by atoms with Crippen LogP contribution in [0.3, 0.4) is 0 Å². The average molecular weight is 438 g/mol. The predicted octanol–water partition coefficient (Wildman–Crippen LogP) is 1.86. The van der Waals surface area contributed by atoms with E-state index in [-0.39, 0.29) is 30.2 Å². The van der Waals surface area contributed by atoms with E-state index in [1.54, 1.807) is 0 Å². The van der Waals surface area contributed by atoms with Gasteiger partial charge in [0.05, 0.1) is 6.04 Å². The fourth-order valence-corrected chi connectivity index (χ4v) is 4.49. The lowest BCUT2D eigenvalue weighted by Gasteiger charge is -2.29. The van der Waals surface area contributed by atoms with Crippen LogP contribution < -0.4 is 16.0 Å². The van der Waals surface area contributed by atoms with Gasteiger partial charge in [0.15, 0.2) is 0 Å². The van der Waals surface area contributed by atoms with Gasteiger partial charge in [-0.15, -0.1) is 0 Å². The number of benzene rings is 1. The molecule has 0 aromatic heterocycles. The molecule has 4 N–H and O–H groups in total. The Morgan fingerprint density at radius 1 is 1.12 bits per heavy atom. The smallest absolute Gasteiger partial charge is 0.262 e. The Morgan fingerprint density at radius 3 is 2.50 bits per heavy atom. The number of rotatable bonds is 7. The third kappa shape index (κ3) is 4.48. The van der Waals surface area contributed by atoms with Crippen LogP contribution in [0, 0.1) is 11.8 Å². The van der Waals surface area contributed by atoms with Gasteiger partial charge in [0, 0.05) is 12.5 Å². The number of aliphatic hydroxyl groups is 1. The molecule has 4 rings (SSSR count). The Bertz CT molecular complexity index is 966. The van der Waals surface area contributed by atoms with Crippen molar-refractivity contribution in [1.82, 2.24) is 16.0 Å². The van der Waals surface area contributed by atoms with Gasteiger partial charge in [-0.3, -0.25) is 14.4 Å². The van der Waals surface area contributed by atoms with Crippen LogP contribution in [0.2, 0.25) is 0 Å². The van der Waals surface area contributed by atoms with Gasteiger partial charge in [0.1, 0.15) is 6.04 Å². The Labute approximate surface area is 188 Å². The molecule has 1 heterocycles. The number of amides is 3. The van der Waals surface area contributed by atoms with Gasteiger partial charge in [-0.25, -0.2) is 0 Å². The first-order valence-electron chi connectivity index (χ1n) is 11.4. The van der Waals surface area contributed by atoms with Crippen molar-refractivity contribution in [1.29, 1.82) is 0 Å². The largest absolute Gasteiger partial charge is 0.372 e. The van der Waals surface area contributed by atoms with Crippen LogP contribution in [0.5, 0.6) is 0 Å². The lowest BCUT2D eigenvalue weighted by atomic mass is 9.85. The molecule has 32 heavy (non-hydrogen) atoms. The Kier molecular flexibility index (Phi) is 6.20. The second-order valence-electron chi connectivity index (χ2n) is 9.48. The van der Waals surface area contributed by atoms with Crippen molar-refractivity contribution in [3.8, 4) is 0 Å². The molecule has 1 fully saturated rings. The van der Waals surface area contributed by atoms with Gasteiger partial charge in [-0.05, 0) is 42.2 Å². The zero-order chi connectivity index (χ0) is 22.9. The van der Waals surface area contributed by atoms with Crippen molar-refractivity contribution in [3.05, 3.63) is 59.7 Å². The minimum atomic E-state index is -2.25. The molecule has 170 valence electrons. The van der Waals surface area contributed by atoms with E-state index in [0.29, 0.717) is 18.0 Å². The molecule has 2 aliphatic carbocycles. The number of carbonyl (C=O) groups is 3. The third-order valence-corrected chi connectivity index (χ3v) is 6.35. The van der Waals surface area contributed by atoms with Crippen LogP contribution in [0.15, 0.2) is 48.6 Å². The maximum absolute atomic E-state index is 13.3. The molecule has 3 aliphatic rings. The fourth-order valence-electron chi connectivity index (χ4n) is 4.49. The highest BCUT2D eigenvalue weighted by Gasteiger charge is 2.47. The maximum Gasteiger partial charge on any atom is 0.262 e. The molecule has 1 aliphatic heterocycles. The van der Waals surface area contributed by atoms with Crippen LogP contribution >= 0.6 is 0 Å². The van der Waals surface area contributed by atoms with Gasteiger partial charge in [0.25, 0.3) is 11.8 Å². The van der Waals surface area contributed by atoms with E-state index in [1.165, 1.54) is 0 Å². The molecular weight excluding hydrogens is 406 g/mol. The average Bonchev–Trinajstić information content (AvgIpc) is 3.60. The highest BCUT2D eigenvalue weighted by atomic mass is 16.3. The van der Waals surface area contributed by atoms with E-state index in [9.17, 15) is 19.5 Å². The highest BCUT2D eigenvalue weighted by molar-refractivity contribution is 6.09. The van der Waals surface area contributed by atoms with Crippen molar-refractivity contribution in [2.75, 3.05) is 6.54 Å². The Balaban J connectivity index is 1.61. The maximum atomic E-state index is 13.3. The quantitative estimate of drug-likeness (QED) is 0.488. The Hall–Kier alpha value is -2.93. The van der Waals surface area contributed by atoms with Crippen LogP contribution in [-0.4, -0.2) is 41.0 Å². The molecule has 3 amide bonds. The van der Waals surface area contributed by atoms with E-state index < -0.39 is 23.5 Å². The molecule has 7 heteroatoms. The summed E-state index contributed by atoms with van der Waals surface area (Å²) in [6.45, 7) is 4.12. The predicted molar refractivity (Wildman–Crippen MR) is 120 cm³/mol. The number of allylic oxidation sites excluding steroid dienone is 2. The third-order valence-electron chi connectivity index (χ3n) is 6.35. The molecule has 4 atom stereocenters. The van der Waals surface area contributed by atoms with Gasteiger partial charge in [-0.2, -0.15) is 0 Å². The highest BCUT2D eigenvalue weighted by Crippen LogP contribution is 2.35. The minimum Gasteiger partial charge on any atom is -0.372 e. The summed E-state index contributed by atoms with van der Waals surface area (Å²) in [5.41, 5.74) is -0.666. The summed E-state index contributed by atoms with van der Waals surface area (Å²) in [4.78, 5) is 39.3. The van der Waals surface area contributed by atoms with Crippen molar-refractivity contribution in [2.24, 2.45) is 11.8 Å². The molecule has 1 aromatic carbocycles. The van der Waals surface area contributed by atoms with E-state index in [4.69, 9.17) is 0 Å². The van der Waals surface area contributed by atoms with E-state index in [2.05, 4.69) is 16.0 Å². The number of hydrogen-bond acceptors (Lipinski definition) is 4. The van der Waals surface area contributed by atoms with Gasteiger partial charge in [0.2, 0.25) is 11.5 Å². The number of fused-ring (bicyclic) bond motifs is 3. The van der Waals surface area contributed by atoms with Crippen LogP contribution in [0.1, 0.15) is 56.2 Å². The summed E-state index contributed by atoms with van der Waals surface area (Å²) in [5.74, 6) is -1.69. The molecule has 1 saturated carbocycles. The summed E-state index contributed by atoms with van der Waals surface area (Å²) in [5, 5.41) is 19.6. The molecule has 1 aromatic rings. The molecule has 7 nitrogen and oxygen atoms in total. The van der Waals surface area contributed by atoms with E-state index in [0.717, 1.165) is 18.4 Å². The second kappa shape index (κ2) is 8.90. The first-order valence-corrected chi connectivity index (χ1v) is 11.4. The molecule has 3 unspecified atom stereocenters. The fraction of sp³-hybridized carbons (Fsp3) is 0.480. The van der Waals surface area contributed by atoms with Gasteiger partial charge >= 0.3 is 0 Å². The minimum absolute atomic E-state index is 0.0396. The van der Waals surface area contributed by atoms with E-state index in [1.807, 2.05) is 62.4 Å². The number of hydrogen-bond donors (Lipinski definition) is 4. The van der Waals surface area contributed by atoms with Gasteiger partial charge < -0.3 is 21.1 Å². The molecule has 0 saturated heterocycles. The number of nitrogens with one attached hydrogen (secondary N) is 3. The summed E-state index contributed by atoms with van der Waals surface area (Å²) in [6.07, 6.45) is 9.81.